The van der Waals surface area contributed by atoms with Crippen molar-refractivity contribution in [3.8, 4) is 11.1 Å². The first-order chi connectivity index (χ1) is 9.61. The van der Waals surface area contributed by atoms with Gasteiger partial charge in [-0.2, -0.15) is 0 Å². The summed E-state index contributed by atoms with van der Waals surface area (Å²) in [6.07, 6.45) is 0. The molecule has 0 aliphatic heterocycles. The summed E-state index contributed by atoms with van der Waals surface area (Å²) in [7, 11) is 6.20. The second-order valence-electron chi connectivity index (χ2n) is 5.53. The molecule has 0 amide bonds. The van der Waals surface area contributed by atoms with Crippen LogP contribution in [0.4, 0.5) is 0 Å². The normalized spacial score (nSPS) is 12.7. The number of rotatable bonds is 5. The van der Waals surface area contributed by atoms with Crippen molar-refractivity contribution in [2.24, 2.45) is 0 Å². The molecule has 2 nitrogen and oxygen atoms in total. The van der Waals surface area contributed by atoms with E-state index in [4.69, 9.17) is 0 Å². The fourth-order valence-corrected chi connectivity index (χ4v) is 2.40. The van der Waals surface area contributed by atoms with Gasteiger partial charge in [0.1, 0.15) is 0 Å². The van der Waals surface area contributed by atoms with Crippen LogP contribution in [-0.2, 0) is 6.54 Å². The Bertz CT molecular complexity index is 544. The average molecular weight is 268 g/mol. The molecule has 0 aliphatic carbocycles. The van der Waals surface area contributed by atoms with Crippen molar-refractivity contribution >= 4 is 0 Å². The molecule has 20 heavy (non-hydrogen) atoms. The van der Waals surface area contributed by atoms with E-state index in [1.807, 2.05) is 7.05 Å². The zero-order chi connectivity index (χ0) is 14.5. The Labute approximate surface area is 122 Å². The number of hydrogen-bond donors (Lipinski definition) is 1. The quantitative estimate of drug-likeness (QED) is 0.889. The summed E-state index contributed by atoms with van der Waals surface area (Å²) in [6.45, 7) is 3.14. The minimum atomic E-state index is 0.390. The third-order valence-electron chi connectivity index (χ3n) is 3.66. The Morgan fingerprint density at radius 2 is 1.65 bits per heavy atom. The minimum Gasteiger partial charge on any atom is -0.313 e. The molecule has 0 saturated heterocycles. The van der Waals surface area contributed by atoms with Crippen molar-refractivity contribution < 1.29 is 0 Å². The highest BCUT2D eigenvalue weighted by Crippen LogP contribution is 2.26. The summed E-state index contributed by atoms with van der Waals surface area (Å²) < 4.78 is 0. The van der Waals surface area contributed by atoms with Gasteiger partial charge in [0.05, 0.1) is 0 Å². The molecule has 1 unspecified atom stereocenters. The molecule has 106 valence electrons. The molecule has 0 bridgehead atoms. The van der Waals surface area contributed by atoms with E-state index in [-0.39, 0.29) is 0 Å². The lowest BCUT2D eigenvalue weighted by atomic mass is 9.97. The molecule has 2 aromatic rings. The van der Waals surface area contributed by atoms with Crippen LogP contribution in [0.1, 0.15) is 24.1 Å². The van der Waals surface area contributed by atoms with E-state index in [0.717, 1.165) is 6.54 Å². The fourth-order valence-electron chi connectivity index (χ4n) is 2.40. The van der Waals surface area contributed by atoms with Gasteiger partial charge in [-0.05, 0) is 50.3 Å². The van der Waals surface area contributed by atoms with Gasteiger partial charge >= 0.3 is 0 Å². The fraction of sp³-hybridized carbons (Fsp3) is 0.333. The Morgan fingerprint density at radius 3 is 2.25 bits per heavy atom. The predicted octanol–water partition coefficient (Wildman–Crippen LogP) is 3.70. The molecule has 0 spiro atoms. The van der Waals surface area contributed by atoms with Crippen LogP contribution in [0.5, 0.6) is 0 Å². The van der Waals surface area contributed by atoms with Crippen molar-refractivity contribution in [1.82, 2.24) is 10.2 Å². The summed E-state index contributed by atoms with van der Waals surface area (Å²) in [5, 5.41) is 3.27. The smallest absolute Gasteiger partial charge is 0.0289 e. The Morgan fingerprint density at radius 1 is 1.00 bits per heavy atom. The van der Waals surface area contributed by atoms with Crippen LogP contribution in [0.25, 0.3) is 11.1 Å². The van der Waals surface area contributed by atoms with Crippen molar-refractivity contribution in [1.29, 1.82) is 0 Å². The lowest BCUT2D eigenvalue weighted by Crippen LogP contribution is -2.12. The van der Waals surface area contributed by atoms with Gasteiger partial charge in [0.25, 0.3) is 0 Å². The lowest BCUT2D eigenvalue weighted by molar-refractivity contribution is 0.403. The van der Waals surface area contributed by atoms with Gasteiger partial charge in [-0.3, -0.25) is 0 Å². The van der Waals surface area contributed by atoms with Crippen LogP contribution in [0.3, 0.4) is 0 Å². The number of benzene rings is 2. The van der Waals surface area contributed by atoms with E-state index in [0.29, 0.717) is 6.04 Å². The van der Waals surface area contributed by atoms with Crippen LogP contribution in [0, 0.1) is 0 Å². The van der Waals surface area contributed by atoms with Crippen LogP contribution >= 0.6 is 0 Å². The molecule has 0 aromatic heterocycles. The molecular formula is C18H24N2. The average Bonchev–Trinajstić information content (AvgIpc) is 2.46. The Hall–Kier alpha value is -1.64. The largest absolute Gasteiger partial charge is 0.313 e. The Kier molecular flexibility index (Phi) is 4.94. The highest BCUT2D eigenvalue weighted by atomic mass is 15.0. The van der Waals surface area contributed by atoms with Crippen LogP contribution in [-0.4, -0.2) is 26.0 Å². The number of nitrogens with zero attached hydrogens (tertiary/aromatic N) is 1. The predicted molar refractivity (Wildman–Crippen MR) is 86.7 cm³/mol. The van der Waals surface area contributed by atoms with E-state index >= 15 is 0 Å². The second kappa shape index (κ2) is 6.69. The zero-order valence-corrected chi connectivity index (χ0v) is 12.9. The second-order valence-corrected chi connectivity index (χ2v) is 5.53. The van der Waals surface area contributed by atoms with E-state index in [1.54, 1.807) is 0 Å². The molecule has 0 aliphatic rings. The highest BCUT2D eigenvalue weighted by molar-refractivity contribution is 5.67. The SMILES string of the molecule is CNC(C)c1ccc(-c2ccccc2CN(C)C)cc1. The molecule has 1 atom stereocenters. The van der Waals surface area contributed by atoms with E-state index in [2.05, 4.69) is 79.8 Å². The molecule has 2 aromatic carbocycles. The van der Waals surface area contributed by atoms with Crippen molar-refractivity contribution in [2.45, 2.75) is 19.5 Å². The summed E-state index contributed by atoms with van der Waals surface area (Å²) in [5.41, 5.74) is 5.30. The molecular weight excluding hydrogens is 244 g/mol. The molecule has 1 N–H and O–H groups in total. The summed E-state index contributed by atoms with van der Waals surface area (Å²) in [6, 6.07) is 17.9. The summed E-state index contributed by atoms with van der Waals surface area (Å²) >= 11 is 0. The van der Waals surface area contributed by atoms with Gasteiger partial charge in [-0.25, -0.2) is 0 Å². The third kappa shape index (κ3) is 3.47. The molecule has 0 radical (unpaired) electrons. The van der Waals surface area contributed by atoms with Gasteiger partial charge in [-0.15, -0.1) is 0 Å². The topological polar surface area (TPSA) is 15.3 Å². The van der Waals surface area contributed by atoms with E-state index in [9.17, 15) is 0 Å². The molecule has 0 fully saturated rings. The van der Waals surface area contributed by atoms with Crippen LogP contribution in [0.2, 0.25) is 0 Å². The zero-order valence-electron chi connectivity index (χ0n) is 12.9. The lowest BCUT2D eigenvalue weighted by Gasteiger charge is -2.15. The van der Waals surface area contributed by atoms with Crippen LogP contribution < -0.4 is 5.32 Å². The van der Waals surface area contributed by atoms with Crippen molar-refractivity contribution in [3.05, 3.63) is 59.7 Å². The molecule has 2 heteroatoms. The van der Waals surface area contributed by atoms with Gasteiger partial charge in [0.15, 0.2) is 0 Å². The maximum atomic E-state index is 3.27. The minimum absolute atomic E-state index is 0.390. The van der Waals surface area contributed by atoms with Gasteiger partial charge in [-0.1, -0.05) is 48.5 Å². The van der Waals surface area contributed by atoms with Crippen molar-refractivity contribution in [2.75, 3.05) is 21.1 Å². The van der Waals surface area contributed by atoms with Gasteiger partial charge in [0.2, 0.25) is 0 Å². The van der Waals surface area contributed by atoms with Gasteiger partial charge in [0, 0.05) is 12.6 Å². The molecule has 0 saturated carbocycles. The summed E-state index contributed by atoms with van der Waals surface area (Å²) in [5.74, 6) is 0. The summed E-state index contributed by atoms with van der Waals surface area (Å²) in [4.78, 5) is 2.20. The Balaban J connectivity index is 2.32. The van der Waals surface area contributed by atoms with Crippen LogP contribution in [0.15, 0.2) is 48.5 Å². The molecule has 0 heterocycles. The van der Waals surface area contributed by atoms with Crippen molar-refractivity contribution in [3.63, 3.8) is 0 Å². The monoisotopic (exact) mass is 268 g/mol. The standard InChI is InChI=1S/C18H24N2/c1-14(19-2)15-9-11-16(12-10-15)18-8-6-5-7-17(18)13-20(3)4/h5-12,14,19H,13H2,1-4H3. The molecule has 2 rings (SSSR count). The highest BCUT2D eigenvalue weighted by Gasteiger charge is 2.07. The first-order valence-electron chi connectivity index (χ1n) is 7.12. The number of nitrogens with one attached hydrogen (secondary N) is 1. The maximum Gasteiger partial charge on any atom is 0.0289 e. The maximum absolute atomic E-state index is 3.27. The van der Waals surface area contributed by atoms with E-state index in [1.165, 1.54) is 22.3 Å². The van der Waals surface area contributed by atoms with E-state index < -0.39 is 0 Å². The van der Waals surface area contributed by atoms with Gasteiger partial charge < -0.3 is 10.2 Å². The number of hydrogen-bond acceptors (Lipinski definition) is 2. The first kappa shape index (κ1) is 14.8. The third-order valence-corrected chi connectivity index (χ3v) is 3.66. The first-order valence-corrected chi connectivity index (χ1v) is 7.12.